The predicted octanol–water partition coefficient (Wildman–Crippen LogP) is 5.46. The van der Waals surface area contributed by atoms with Crippen molar-refractivity contribution in [3.05, 3.63) is 126 Å². The van der Waals surface area contributed by atoms with Crippen molar-refractivity contribution in [1.82, 2.24) is 9.97 Å². The monoisotopic (exact) mass is 492 g/mol. The van der Waals surface area contributed by atoms with Crippen molar-refractivity contribution in [3.63, 3.8) is 0 Å². The van der Waals surface area contributed by atoms with Gasteiger partial charge in [0.25, 0.3) is 5.91 Å². The first-order valence-corrected chi connectivity index (χ1v) is 11.7. The van der Waals surface area contributed by atoms with Crippen LogP contribution in [0.25, 0.3) is 10.9 Å². The molecule has 0 unspecified atom stereocenters. The van der Waals surface area contributed by atoms with E-state index in [1.54, 1.807) is 12.3 Å². The van der Waals surface area contributed by atoms with Crippen LogP contribution < -0.4 is 22.1 Å². The van der Waals surface area contributed by atoms with Crippen LogP contribution in [-0.4, -0.2) is 15.9 Å². The van der Waals surface area contributed by atoms with E-state index in [9.17, 15) is 4.79 Å². The van der Waals surface area contributed by atoms with Gasteiger partial charge in [0.15, 0.2) is 11.6 Å². The number of fused-ring (bicyclic) bond motifs is 1. The lowest BCUT2D eigenvalue weighted by Gasteiger charge is -2.27. The summed E-state index contributed by atoms with van der Waals surface area (Å²) in [5.74, 6) is -1.46. The molecular formula is C29H25FN6O. The lowest BCUT2D eigenvalue weighted by atomic mass is 9.94. The average Bonchev–Trinajstić information content (AvgIpc) is 2.93. The van der Waals surface area contributed by atoms with Crippen molar-refractivity contribution >= 4 is 34.1 Å². The molecule has 5 aromatic rings. The summed E-state index contributed by atoms with van der Waals surface area (Å²) in [7, 11) is 0. The van der Waals surface area contributed by atoms with Crippen molar-refractivity contribution in [3.8, 4) is 0 Å². The first kappa shape index (κ1) is 23.9. The van der Waals surface area contributed by atoms with Gasteiger partial charge in [0.05, 0.1) is 23.2 Å². The van der Waals surface area contributed by atoms with Crippen molar-refractivity contribution in [2.24, 2.45) is 11.5 Å². The van der Waals surface area contributed by atoms with Crippen LogP contribution in [0.4, 0.5) is 21.7 Å². The molecule has 184 valence electrons. The number of amides is 1. The van der Waals surface area contributed by atoms with Gasteiger partial charge in [-0.05, 0) is 41.5 Å². The number of benzene rings is 3. The maximum atomic E-state index is 15.3. The fraction of sp³-hybridized carbons (Fsp3) is 0.0690. The Morgan fingerprint density at radius 1 is 0.838 bits per heavy atom. The molecule has 5 rings (SSSR count). The number of carbonyl (C=O) groups excluding carboxylic acids is 1. The maximum Gasteiger partial charge on any atom is 0.252 e. The minimum Gasteiger partial charge on any atom is -0.365 e. The molecule has 0 aliphatic rings. The van der Waals surface area contributed by atoms with Gasteiger partial charge in [-0.1, -0.05) is 66.7 Å². The number of carbonyl (C=O) groups is 1. The fourth-order valence-corrected chi connectivity index (χ4v) is 4.22. The maximum absolute atomic E-state index is 15.3. The van der Waals surface area contributed by atoms with Crippen molar-refractivity contribution in [2.45, 2.75) is 12.1 Å². The molecule has 0 saturated carbocycles. The van der Waals surface area contributed by atoms with Gasteiger partial charge in [-0.2, -0.15) is 0 Å². The van der Waals surface area contributed by atoms with E-state index in [1.807, 2.05) is 84.9 Å². The van der Waals surface area contributed by atoms with E-state index in [0.717, 1.165) is 28.1 Å². The number of halogens is 1. The highest BCUT2D eigenvalue weighted by Crippen LogP contribution is 2.32. The Hall–Kier alpha value is -4.82. The Morgan fingerprint density at radius 2 is 1.54 bits per heavy atom. The lowest BCUT2D eigenvalue weighted by Crippen LogP contribution is -2.27. The third kappa shape index (κ3) is 5.24. The molecule has 0 spiro atoms. The van der Waals surface area contributed by atoms with Gasteiger partial charge in [-0.3, -0.25) is 9.78 Å². The zero-order valence-electron chi connectivity index (χ0n) is 19.8. The van der Waals surface area contributed by atoms with Gasteiger partial charge in [-0.25, -0.2) is 9.37 Å². The molecule has 2 aromatic heterocycles. The van der Waals surface area contributed by atoms with Crippen LogP contribution in [0.2, 0.25) is 0 Å². The Morgan fingerprint density at radius 3 is 2.24 bits per heavy atom. The zero-order chi connectivity index (χ0) is 25.8. The Bertz CT molecular complexity index is 1540. The second-order valence-electron chi connectivity index (χ2n) is 8.58. The zero-order valence-corrected chi connectivity index (χ0v) is 19.8. The summed E-state index contributed by atoms with van der Waals surface area (Å²) in [6.07, 6.45) is 1.71. The average molecular weight is 493 g/mol. The van der Waals surface area contributed by atoms with Gasteiger partial charge in [0.2, 0.25) is 0 Å². The lowest BCUT2D eigenvalue weighted by molar-refractivity contribution is 0.100. The molecule has 37 heavy (non-hydrogen) atoms. The highest BCUT2D eigenvalue weighted by atomic mass is 19.1. The smallest absolute Gasteiger partial charge is 0.252 e. The van der Waals surface area contributed by atoms with Crippen LogP contribution in [0.1, 0.15) is 33.6 Å². The summed E-state index contributed by atoms with van der Waals surface area (Å²) < 4.78 is 15.3. The van der Waals surface area contributed by atoms with E-state index >= 15 is 4.39 Å². The van der Waals surface area contributed by atoms with Gasteiger partial charge in [-0.15, -0.1) is 0 Å². The molecule has 2 atom stereocenters. The molecule has 7 nitrogen and oxygen atoms in total. The fourth-order valence-electron chi connectivity index (χ4n) is 4.22. The van der Waals surface area contributed by atoms with Crippen LogP contribution in [0.3, 0.4) is 0 Å². The summed E-state index contributed by atoms with van der Waals surface area (Å²) in [5.41, 5.74) is 15.3. The molecular weight excluding hydrogens is 467 g/mol. The molecule has 0 radical (unpaired) electrons. The number of nitrogens with zero attached hydrogens (tertiary/aromatic N) is 2. The number of hydrogen-bond donors (Lipinski definition) is 4. The summed E-state index contributed by atoms with van der Waals surface area (Å²) >= 11 is 0. The largest absolute Gasteiger partial charge is 0.365 e. The molecule has 0 bridgehead atoms. The summed E-state index contributed by atoms with van der Waals surface area (Å²) in [6, 6.07) is 28.4. The molecule has 1 amide bonds. The Kier molecular flexibility index (Phi) is 6.74. The first-order valence-electron chi connectivity index (χ1n) is 11.7. The molecule has 0 fully saturated rings. The number of nitrogens with one attached hydrogen (secondary N) is 2. The Labute approximate surface area is 213 Å². The SMILES string of the molecule is NC(=O)c1cc(F)c(N[C@H](c2ccccc2)[C@@H](N)c2ccccc2)nc1Nc1ccc2ncccc2c1. The molecule has 6 N–H and O–H groups in total. The number of aromatic nitrogens is 2. The standard InChI is InChI=1S/C29H25FN6O/c30-23-17-22(27(32)37)28(34-21-13-14-24-20(16-21)12-7-15-33-24)36-29(23)35-26(19-10-5-2-6-11-19)25(31)18-8-3-1-4-9-18/h1-17,25-26H,31H2,(H2,32,37)(H2,34,35,36)/t25-,26+/m0/s1. The van der Waals surface area contributed by atoms with Crippen LogP contribution >= 0.6 is 0 Å². The van der Waals surface area contributed by atoms with Crippen molar-refractivity contribution in [1.29, 1.82) is 0 Å². The quantitative estimate of drug-likeness (QED) is 0.228. The molecule has 2 heterocycles. The summed E-state index contributed by atoms with van der Waals surface area (Å²) in [5, 5.41) is 7.18. The highest BCUT2D eigenvalue weighted by Gasteiger charge is 2.25. The molecule has 0 saturated heterocycles. The van der Waals surface area contributed by atoms with Crippen LogP contribution in [0.15, 0.2) is 103 Å². The summed E-state index contributed by atoms with van der Waals surface area (Å²) in [4.78, 5) is 20.9. The van der Waals surface area contributed by atoms with Gasteiger partial charge >= 0.3 is 0 Å². The van der Waals surface area contributed by atoms with Crippen LogP contribution in [0, 0.1) is 5.82 Å². The van der Waals surface area contributed by atoms with Crippen molar-refractivity contribution < 1.29 is 9.18 Å². The van der Waals surface area contributed by atoms with Gasteiger partial charge < -0.3 is 22.1 Å². The third-order valence-corrected chi connectivity index (χ3v) is 6.10. The van der Waals surface area contributed by atoms with E-state index < -0.39 is 23.8 Å². The van der Waals surface area contributed by atoms with E-state index in [0.29, 0.717) is 5.69 Å². The van der Waals surface area contributed by atoms with Crippen LogP contribution in [0.5, 0.6) is 0 Å². The van der Waals surface area contributed by atoms with Crippen LogP contribution in [-0.2, 0) is 0 Å². The number of pyridine rings is 2. The molecule has 0 aliphatic carbocycles. The number of primary amides is 1. The second kappa shape index (κ2) is 10.4. The Balaban J connectivity index is 1.53. The van der Waals surface area contributed by atoms with Crippen molar-refractivity contribution in [2.75, 3.05) is 10.6 Å². The highest BCUT2D eigenvalue weighted by molar-refractivity contribution is 5.99. The topological polar surface area (TPSA) is 119 Å². The molecule has 3 aromatic carbocycles. The third-order valence-electron chi connectivity index (χ3n) is 6.10. The number of anilines is 3. The van der Waals surface area contributed by atoms with Gasteiger partial charge in [0, 0.05) is 17.3 Å². The van der Waals surface area contributed by atoms with E-state index in [-0.39, 0.29) is 17.2 Å². The number of hydrogen-bond acceptors (Lipinski definition) is 6. The second-order valence-corrected chi connectivity index (χ2v) is 8.58. The predicted molar refractivity (Wildman–Crippen MR) is 144 cm³/mol. The molecule has 0 aliphatic heterocycles. The molecule has 8 heteroatoms. The first-order chi connectivity index (χ1) is 18.0. The normalized spacial score (nSPS) is 12.6. The van der Waals surface area contributed by atoms with E-state index in [2.05, 4.69) is 20.6 Å². The van der Waals surface area contributed by atoms with Gasteiger partial charge in [0.1, 0.15) is 5.82 Å². The van der Waals surface area contributed by atoms with E-state index in [1.165, 1.54) is 0 Å². The minimum absolute atomic E-state index is 0.0600. The van der Waals surface area contributed by atoms with E-state index in [4.69, 9.17) is 11.5 Å². The number of nitrogens with two attached hydrogens (primary N) is 2. The summed E-state index contributed by atoms with van der Waals surface area (Å²) in [6.45, 7) is 0. The number of rotatable bonds is 8. The minimum atomic E-state index is -0.802.